The van der Waals surface area contributed by atoms with Gasteiger partial charge in [-0.25, -0.2) is 4.98 Å². The molecule has 0 saturated carbocycles. The van der Waals surface area contributed by atoms with Crippen LogP contribution in [0.15, 0.2) is 24.3 Å². The van der Waals surface area contributed by atoms with Crippen molar-refractivity contribution in [3.05, 3.63) is 29.3 Å². The van der Waals surface area contributed by atoms with Crippen LogP contribution in [0.2, 0.25) is 0 Å². The highest BCUT2D eigenvalue weighted by molar-refractivity contribution is 7.18. The van der Waals surface area contributed by atoms with Gasteiger partial charge in [0.05, 0.1) is 16.3 Å². The molecule has 0 aliphatic carbocycles. The van der Waals surface area contributed by atoms with Crippen LogP contribution in [0.5, 0.6) is 0 Å². The third-order valence-corrected chi connectivity index (χ3v) is 5.18. The number of carbonyl (C=O) groups is 1. The van der Waals surface area contributed by atoms with E-state index in [1.54, 1.807) is 18.3 Å². The third-order valence-electron chi connectivity index (χ3n) is 3.98. The average molecular weight is 289 g/mol. The molecule has 0 radical (unpaired) electrons. The second kappa shape index (κ2) is 5.50. The molecule has 1 fully saturated rings. The van der Waals surface area contributed by atoms with Crippen LogP contribution in [0.25, 0.3) is 10.2 Å². The highest BCUT2D eigenvalue weighted by Gasteiger charge is 2.24. The van der Waals surface area contributed by atoms with Gasteiger partial charge < -0.3 is 4.90 Å². The summed E-state index contributed by atoms with van der Waals surface area (Å²) in [5.41, 5.74) is 1.08. The number of amides is 1. The first-order chi connectivity index (χ1) is 9.65. The van der Waals surface area contributed by atoms with Gasteiger partial charge in [-0.2, -0.15) is 0 Å². The fourth-order valence-electron chi connectivity index (χ4n) is 2.65. The van der Waals surface area contributed by atoms with E-state index < -0.39 is 0 Å². The van der Waals surface area contributed by atoms with E-state index in [-0.39, 0.29) is 5.91 Å². The summed E-state index contributed by atoms with van der Waals surface area (Å²) in [6.45, 7) is 7.36. The van der Waals surface area contributed by atoms with Crippen LogP contribution in [-0.4, -0.2) is 46.9 Å². The fraction of sp³-hybridized carbons (Fsp3) is 0.467. The van der Waals surface area contributed by atoms with E-state index >= 15 is 0 Å². The predicted molar refractivity (Wildman–Crippen MR) is 81.9 cm³/mol. The van der Waals surface area contributed by atoms with Crippen molar-refractivity contribution in [2.24, 2.45) is 0 Å². The van der Waals surface area contributed by atoms with E-state index in [4.69, 9.17) is 4.98 Å². The second-order valence-electron chi connectivity index (χ2n) is 5.24. The lowest BCUT2D eigenvalue weighted by Crippen LogP contribution is -2.48. The molecule has 20 heavy (non-hydrogen) atoms. The summed E-state index contributed by atoms with van der Waals surface area (Å²) in [5, 5.41) is 1.17. The topological polar surface area (TPSA) is 36.4 Å². The van der Waals surface area contributed by atoms with Crippen molar-refractivity contribution < 1.29 is 4.79 Å². The Hall–Kier alpha value is -1.46. The molecule has 0 bridgehead atoms. The summed E-state index contributed by atoms with van der Waals surface area (Å²) in [7, 11) is 0. The molecular weight excluding hydrogens is 270 g/mol. The number of thiazole rings is 1. The summed E-state index contributed by atoms with van der Waals surface area (Å²) in [5.74, 6) is 0.178. The summed E-state index contributed by atoms with van der Waals surface area (Å²) in [6.07, 6.45) is 0. The highest BCUT2D eigenvalue weighted by atomic mass is 32.1. The SMILES string of the molecule is CC(=O)N1CCN(C(C)c2nc3ccccc3s2)CC1. The molecule has 5 heteroatoms. The maximum atomic E-state index is 11.4. The largest absolute Gasteiger partial charge is 0.340 e. The molecule has 1 amide bonds. The monoisotopic (exact) mass is 289 g/mol. The molecule has 0 N–H and O–H groups in total. The number of hydrogen-bond acceptors (Lipinski definition) is 4. The summed E-state index contributed by atoms with van der Waals surface area (Å²) in [6, 6.07) is 8.59. The molecule has 1 saturated heterocycles. The summed E-state index contributed by atoms with van der Waals surface area (Å²) in [4.78, 5) is 20.4. The van der Waals surface area contributed by atoms with Crippen molar-refractivity contribution in [3.8, 4) is 0 Å². The number of benzene rings is 1. The Labute approximate surface area is 123 Å². The van der Waals surface area contributed by atoms with Crippen molar-refractivity contribution in [2.75, 3.05) is 26.2 Å². The van der Waals surface area contributed by atoms with E-state index in [9.17, 15) is 4.79 Å². The van der Waals surface area contributed by atoms with Crippen molar-refractivity contribution in [1.82, 2.24) is 14.8 Å². The van der Waals surface area contributed by atoms with Gasteiger partial charge in [0.1, 0.15) is 5.01 Å². The average Bonchev–Trinajstić information content (AvgIpc) is 2.90. The quantitative estimate of drug-likeness (QED) is 0.852. The smallest absolute Gasteiger partial charge is 0.219 e. The molecule has 0 spiro atoms. The molecule has 3 rings (SSSR count). The number of fused-ring (bicyclic) bond motifs is 1. The number of hydrogen-bond donors (Lipinski definition) is 0. The number of nitrogens with zero attached hydrogens (tertiary/aromatic N) is 3. The molecule has 1 aromatic carbocycles. The van der Waals surface area contributed by atoms with E-state index in [1.165, 1.54) is 9.71 Å². The normalized spacial score (nSPS) is 18.4. The van der Waals surface area contributed by atoms with Crippen molar-refractivity contribution in [2.45, 2.75) is 19.9 Å². The van der Waals surface area contributed by atoms with E-state index in [0.717, 1.165) is 31.7 Å². The number of rotatable bonds is 2. The molecule has 1 aliphatic heterocycles. The van der Waals surface area contributed by atoms with Crippen molar-refractivity contribution in [3.63, 3.8) is 0 Å². The van der Waals surface area contributed by atoms with Crippen LogP contribution >= 0.6 is 11.3 Å². The van der Waals surface area contributed by atoms with Crippen LogP contribution in [0.3, 0.4) is 0 Å². The van der Waals surface area contributed by atoms with Gasteiger partial charge in [-0.15, -0.1) is 11.3 Å². The van der Waals surface area contributed by atoms with E-state index in [0.29, 0.717) is 6.04 Å². The number of carbonyl (C=O) groups excluding carboxylic acids is 1. The first-order valence-electron chi connectivity index (χ1n) is 7.00. The molecular formula is C15H19N3OS. The Balaban J connectivity index is 1.73. The van der Waals surface area contributed by atoms with E-state index in [1.807, 2.05) is 11.0 Å². The van der Waals surface area contributed by atoms with Gasteiger partial charge in [0, 0.05) is 33.1 Å². The zero-order chi connectivity index (χ0) is 14.1. The zero-order valence-corrected chi connectivity index (χ0v) is 12.7. The van der Waals surface area contributed by atoms with Crippen LogP contribution in [0.1, 0.15) is 24.9 Å². The molecule has 1 aliphatic rings. The Kier molecular flexibility index (Phi) is 3.72. The maximum Gasteiger partial charge on any atom is 0.219 e. The van der Waals surface area contributed by atoms with Gasteiger partial charge in [0.25, 0.3) is 0 Å². The summed E-state index contributed by atoms with van der Waals surface area (Å²) < 4.78 is 1.25. The lowest BCUT2D eigenvalue weighted by molar-refractivity contribution is -0.130. The highest BCUT2D eigenvalue weighted by Crippen LogP contribution is 2.29. The standard InChI is InChI=1S/C15H19N3OS/c1-11(17-7-9-18(10-8-17)12(2)19)15-16-13-5-3-4-6-14(13)20-15/h3-6,11H,7-10H2,1-2H3. The fourth-order valence-corrected chi connectivity index (χ4v) is 3.70. The van der Waals surface area contributed by atoms with Gasteiger partial charge in [0.2, 0.25) is 5.91 Å². The predicted octanol–water partition coefficient (Wildman–Crippen LogP) is 2.52. The van der Waals surface area contributed by atoms with Crippen LogP contribution < -0.4 is 0 Å². The zero-order valence-electron chi connectivity index (χ0n) is 11.9. The molecule has 106 valence electrons. The first kappa shape index (κ1) is 13.5. The van der Waals surface area contributed by atoms with Gasteiger partial charge in [-0.1, -0.05) is 12.1 Å². The minimum absolute atomic E-state index is 0.178. The molecule has 1 atom stereocenters. The number of aromatic nitrogens is 1. The van der Waals surface area contributed by atoms with Gasteiger partial charge >= 0.3 is 0 Å². The van der Waals surface area contributed by atoms with Crippen LogP contribution in [0.4, 0.5) is 0 Å². The van der Waals surface area contributed by atoms with Crippen molar-refractivity contribution >= 4 is 27.5 Å². The molecule has 4 nitrogen and oxygen atoms in total. The molecule has 1 aromatic heterocycles. The second-order valence-corrected chi connectivity index (χ2v) is 6.30. The Morgan fingerprint density at radius 1 is 1.25 bits per heavy atom. The number of para-hydroxylation sites is 1. The summed E-state index contributed by atoms with van der Waals surface area (Å²) >= 11 is 1.77. The first-order valence-corrected chi connectivity index (χ1v) is 7.82. The van der Waals surface area contributed by atoms with Gasteiger partial charge in [0.15, 0.2) is 0 Å². The Morgan fingerprint density at radius 3 is 2.60 bits per heavy atom. The Morgan fingerprint density at radius 2 is 1.95 bits per heavy atom. The molecule has 2 aromatic rings. The third kappa shape index (κ3) is 2.55. The lowest BCUT2D eigenvalue weighted by atomic mass is 10.2. The minimum Gasteiger partial charge on any atom is -0.340 e. The van der Waals surface area contributed by atoms with Gasteiger partial charge in [-0.3, -0.25) is 9.69 Å². The maximum absolute atomic E-state index is 11.4. The Bertz CT molecular complexity index is 583. The van der Waals surface area contributed by atoms with Gasteiger partial charge in [-0.05, 0) is 19.1 Å². The number of piperazine rings is 1. The van der Waals surface area contributed by atoms with E-state index in [2.05, 4.69) is 30.0 Å². The lowest BCUT2D eigenvalue weighted by Gasteiger charge is -2.36. The molecule has 2 heterocycles. The van der Waals surface area contributed by atoms with Crippen LogP contribution in [0, 0.1) is 0 Å². The molecule has 1 unspecified atom stereocenters. The minimum atomic E-state index is 0.178. The van der Waals surface area contributed by atoms with Crippen LogP contribution in [-0.2, 0) is 4.79 Å². The van der Waals surface area contributed by atoms with Crippen molar-refractivity contribution in [1.29, 1.82) is 0 Å².